The molecule has 5 heteroatoms. The predicted molar refractivity (Wildman–Crippen MR) is 151 cm³/mol. The van der Waals surface area contributed by atoms with Crippen molar-refractivity contribution in [3.63, 3.8) is 0 Å². The van der Waals surface area contributed by atoms with Gasteiger partial charge < -0.3 is 17.0 Å². The maximum absolute atomic E-state index is 12.6. The molecule has 3 nitrogen and oxygen atoms in total. The van der Waals surface area contributed by atoms with Crippen molar-refractivity contribution in [3.05, 3.63) is 11.6 Å². The Bertz CT molecular complexity index is 589. The molecule has 0 spiro atoms. The van der Waals surface area contributed by atoms with E-state index in [1.165, 1.54) is 121 Å². The molecular formula is C29H55BrN2OS. The topological polar surface area (TPSA) is 32.1 Å². The molecule has 1 unspecified atom stereocenters. The van der Waals surface area contributed by atoms with Crippen LogP contribution in [0.3, 0.4) is 0 Å². The summed E-state index contributed by atoms with van der Waals surface area (Å²) in [4.78, 5) is 12.6. The first-order chi connectivity index (χ1) is 16.2. The van der Waals surface area contributed by atoms with E-state index >= 15 is 0 Å². The number of unbranched alkanes of at least 4 members (excludes halogenated alkanes) is 18. The summed E-state index contributed by atoms with van der Waals surface area (Å²) < 4.78 is 1.83. The van der Waals surface area contributed by atoms with Gasteiger partial charge in [-0.05, 0) is 19.3 Å². The highest BCUT2D eigenvalue weighted by molar-refractivity contribution is 8.29. The molecule has 1 heterocycles. The van der Waals surface area contributed by atoms with Gasteiger partial charge in [0.1, 0.15) is 11.2 Å². The Balaban J connectivity index is 0.0000109. The van der Waals surface area contributed by atoms with E-state index in [0.29, 0.717) is 0 Å². The second kappa shape index (κ2) is 24.3. The van der Waals surface area contributed by atoms with E-state index in [4.69, 9.17) is 0 Å². The minimum absolute atomic E-state index is 0. The van der Waals surface area contributed by atoms with E-state index in [1.54, 1.807) is 0 Å². The first-order valence-corrected chi connectivity index (χ1v) is 15.8. The molecule has 1 aliphatic heterocycles. The van der Waals surface area contributed by atoms with E-state index in [2.05, 4.69) is 30.4 Å². The Kier molecular flexibility index (Phi) is 24.0. The van der Waals surface area contributed by atoms with Gasteiger partial charge in [-0.3, -0.25) is 0 Å². The van der Waals surface area contributed by atoms with Crippen molar-refractivity contribution < 1.29 is 26.4 Å². The molecule has 0 aliphatic carbocycles. The number of halogens is 1. The fourth-order valence-electron chi connectivity index (χ4n) is 4.51. The van der Waals surface area contributed by atoms with Crippen molar-refractivity contribution in [2.75, 3.05) is 6.54 Å². The third-order valence-electron chi connectivity index (χ3n) is 6.72. The number of urea groups is 1. The van der Waals surface area contributed by atoms with Gasteiger partial charge in [0.05, 0.1) is 6.54 Å². The molecule has 0 aromatic heterocycles. The minimum Gasteiger partial charge on any atom is -1.00 e. The van der Waals surface area contributed by atoms with Crippen LogP contribution in [-0.4, -0.2) is 28.1 Å². The van der Waals surface area contributed by atoms with Crippen molar-refractivity contribution in [2.45, 2.75) is 149 Å². The third-order valence-corrected chi connectivity index (χ3v) is 8.17. The van der Waals surface area contributed by atoms with E-state index in [0.717, 1.165) is 25.8 Å². The summed E-state index contributed by atoms with van der Waals surface area (Å²) in [5.74, 6) is 4.21. The van der Waals surface area contributed by atoms with Gasteiger partial charge >= 0.3 is 6.03 Å². The van der Waals surface area contributed by atoms with Crippen molar-refractivity contribution in [1.82, 2.24) is 5.32 Å². The van der Waals surface area contributed by atoms with Gasteiger partial charge in [0.25, 0.3) is 0 Å². The van der Waals surface area contributed by atoms with Gasteiger partial charge in [-0.1, -0.05) is 139 Å². The maximum atomic E-state index is 12.6. The highest BCUT2D eigenvalue weighted by Gasteiger charge is 2.23. The van der Waals surface area contributed by atoms with E-state index < -0.39 is 0 Å². The van der Waals surface area contributed by atoms with Crippen molar-refractivity contribution >= 4 is 27.4 Å². The summed E-state index contributed by atoms with van der Waals surface area (Å²) in [5.41, 5.74) is 0. The van der Waals surface area contributed by atoms with Crippen LogP contribution in [0.15, 0.2) is 11.6 Å². The Morgan fingerprint density at radius 2 is 1.15 bits per heavy atom. The lowest BCUT2D eigenvalue weighted by Crippen LogP contribution is -3.00. The molecular weight excluding hydrogens is 504 g/mol. The average Bonchev–Trinajstić information content (AvgIpc) is 3.19. The van der Waals surface area contributed by atoms with Crippen molar-refractivity contribution in [2.24, 2.45) is 0 Å². The van der Waals surface area contributed by atoms with Crippen molar-refractivity contribution in [3.8, 4) is 0 Å². The number of hydrogen-bond acceptors (Lipinski definition) is 1. The van der Waals surface area contributed by atoms with Gasteiger partial charge in [-0.25, -0.2) is 5.32 Å². The van der Waals surface area contributed by atoms with Crippen LogP contribution in [0.4, 0.5) is 4.79 Å². The number of carbonyl (C=O) groups excluding carboxylic acids is 1. The number of nitrogens with one attached hydrogen (secondary N) is 1. The van der Waals surface area contributed by atoms with Crippen LogP contribution in [0.25, 0.3) is 0 Å². The Morgan fingerprint density at radius 1 is 0.735 bits per heavy atom. The van der Waals surface area contributed by atoms with Crippen LogP contribution in [0.1, 0.15) is 149 Å². The second-order valence-corrected chi connectivity index (χ2v) is 11.4. The number of carbonyl (C=O) groups is 1. The molecule has 0 saturated heterocycles. The highest BCUT2D eigenvalue weighted by atomic mass is 79.9. The van der Waals surface area contributed by atoms with Crippen LogP contribution in [0, 0.1) is 0 Å². The van der Waals surface area contributed by atoms with Gasteiger partial charge in [-0.15, -0.1) is 0 Å². The van der Waals surface area contributed by atoms with E-state index in [1.807, 2.05) is 10.8 Å². The normalized spacial score (nSPS) is 15.1. The molecule has 0 aromatic carbocycles. The predicted octanol–water partition coefficient (Wildman–Crippen LogP) is 6.53. The lowest BCUT2D eigenvalue weighted by Gasteiger charge is -2.05. The Morgan fingerprint density at radius 3 is 1.62 bits per heavy atom. The lowest BCUT2D eigenvalue weighted by atomic mass is 10.0. The number of amides is 2. The van der Waals surface area contributed by atoms with E-state index in [-0.39, 0.29) is 33.5 Å². The number of hydrogen-bond donors (Lipinski definition) is 1. The standard InChI is InChI=1S/C29H54N2OS.BrH/c1-4-6-8-10-11-12-13-14-15-16-17-18-19-20-21-23-25-30-29(32)31-26-27-33(3)28(31)24-22-9-7-5-2;/h26-27H,3-25H2,1-2H3;1H. The highest BCUT2D eigenvalue weighted by Crippen LogP contribution is 2.24. The molecule has 0 bridgehead atoms. The summed E-state index contributed by atoms with van der Waals surface area (Å²) in [6.45, 7) is 5.31. The minimum atomic E-state index is -0.135. The summed E-state index contributed by atoms with van der Waals surface area (Å²) in [6, 6.07) is 0.0383. The van der Waals surface area contributed by atoms with Gasteiger partial charge in [0.15, 0.2) is 0 Å². The van der Waals surface area contributed by atoms with Crippen LogP contribution >= 0.6 is 10.5 Å². The zero-order chi connectivity index (χ0) is 24.0. The zero-order valence-electron chi connectivity index (χ0n) is 22.6. The largest absolute Gasteiger partial charge is 1.00 e. The SMILES string of the molecule is C=S1C=C[N+](C(=O)NCCCCCCCCCCCCCCCCCC)=C1CCCCCC.[Br-]. The smallest absolute Gasteiger partial charge is 0.496 e. The average molecular weight is 560 g/mol. The molecule has 2 amide bonds. The fourth-order valence-corrected chi connectivity index (χ4v) is 5.74. The molecule has 0 saturated carbocycles. The maximum Gasteiger partial charge on any atom is 0.496 e. The lowest BCUT2D eigenvalue weighted by molar-refractivity contribution is -0.347. The zero-order valence-corrected chi connectivity index (χ0v) is 25.0. The molecule has 200 valence electrons. The Labute approximate surface area is 225 Å². The quantitative estimate of drug-likeness (QED) is 0.0913. The first kappa shape index (κ1) is 33.6. The number of rotatable bonds is 22. The monoisotopic (exact) mass is 558 g/mol. The van der Waals surface area contributed by atoms with Gasteiger partial charge in [0.2, 0.25) is 0 Å². The fraction of sp³-hybridized carbons (Fsp3) is 0.828. The molecule has 0 radical (unpaired) electrons. The Hall–Kier alpha value is -0.420. The summed E-state index contributed by atoms with van der Waals surface area (Å²) in [5, 5.41) is 6.38. The third kappa shape index (κ3) is 17.1. The van der Waals surface area contributed by atoms with Crippen molar-refractivity contribution in [1.29, 1.82) is 0 Å². The molecule has 1 atom stereocenters. The molecule has 1 rings (SSSR count). The van der Waals surface area contributed by atoms with Crippen LogP contribution in [0.5, 0.6) is 0 Å². The summed E-state index contributed by atoms with van der Waals surface area (Å²) >= 11 is 0. The van der Waals surface area contributed by atoms with Crippen LogP contribution in [-0.2, 0) is 0 Å². The molecule has 1 N–H and O–H groups in total. The second-order valence-electron chi connectivity index (χ2n) is 9.82. The number of nitrogens with zero attached hydrogens (tertiary/aromatic N) is 1. The summed E-state index contributed by atoms with van der Waals surface area (Å²) in [6.07, 6.45) is 29.9. The summed E-state index contributed by atoms with van der Waals surface area (Å²) in [7, 11) is -0.135. The van der Waals surface area contributed by atoms with Gasteiger partial charge in [0, 0.05) is 11.8 Å². The molecule has 0 aromatic rings. The first-order valence-electron chi connectivity index (χ1n) is 14.3. The van der Waals surface area contributed by atoms with Crippen LogP contribution < -0.4 is 22.3 Å². The van der Waals surface area contributed by atoms with Crippen LogP contribution in [0.2, 0.25) is 0 Å². The van der Waals surface area contributed by atoms with Gasteiger partial charge in [-0.2, -0.15) is 9.37 Å². The molecule has 1 aliphatic rings. The molecule has 0 fully saturated rings. The molecule has 34 heavy (non-hydrogen) atoms. The van der Waals surface area contributed by atoms with E-state index in [9.17, 15) is 4.79 Å².